The highest BCUT2D eigenvalue weighted by atomic mass is 16.5. The number of carbonyl (C=O) groups is 1. The minimum atomic E-state index is -0.103. The first-order valence-electron chi connectivity index (χ1n) is 6.89. The fourth-order valence-corrected chi connectivity index (χ4v) is 2.54. The molecule has 0 fully saturated rings. The molecule has 112 valence electrons. The van der Waals surface area contributed by atoms with Crippen LogP contribution in [0.5, 0.6) is 5.75 Å². The standard InChI is InChI=1S/C15H15N5O2/c1-10-5-13(14(22-2)8-17-10)15(21)19-3-4-20-12(9-19)6-11(7-16)18-20/h5-6,8H,3-4,9H2,1-2H3. The molecular weight excluding hydrogens is 282 g/mol. The van der Waals surface area contributed by atoms with Crippen molar-refractivity contribution in [3.8, 4) is 11.8 Å². The predicted molar refractivity (Wildman–Crippen MR) is 77.2 cm³/mol. The van der Waals surface area contributed by atoms with Gasteiger partial charge in [-0.2, -0.15) is 10.4 Å². The number of carbonyl (C=O) groups excluding carboxylic acids is 1. The zero-order valence-corrected chi connectivity index (χ0v) is 12.4. The van der Waals surface area contributed by atoms with E-state index in [0.717, 1.165) is 11.4 Å². The second kappa shape index (κ2) is 5.48. The molecule has 0 aromatic carbocycles. The number of fused-ring (bicyclic) bond motifs is 1. The van der Waals surface area contributed by atoms with Crippen molar-refractivity contribution in [1.82, 2.24) is 19.7 Å². The van der Waals surface area contributed by atoms with E-state index in [1.165, 1.54) is 7.11 Å². The number of methoxy groups -OCH3 is 1. The molecule has 1 aliphatic rings. The second-order valence-electron chi connectivity index (χ2n) is 5.11. The number of hydrogen-bond donors (Lipinski definition) is 0. The Bertz CT molecular complexity index is 775. The maximum absolute atomic E-state index is 12.7. The summed E-state index contributed by atoms with van der Waals surface area (Å²) in [7, 11) is 1.52. The molecule has 1 amide bonds. The van der Waals surface area contributed by atoms with Crippen LogP contribution in [0.25, 0.3) is 0 Å². The van der Waals surface area contributed by atoms with E-state index >= 15 is 0 Å². The summed E-state index contributed by atoms with van der Waals surface area (Å²) in [6.07, 6.45) is 1.56. The van der Waals surface area contributed by atoms with E-state index < -0.39 is 0 Å². The summed E-state index contributed by atoms with van der Waals surface area (Å²) in [5.41, 5.74) is 2.50. The van der Waals surface area contributed by atoms with E-state index in [1.807, 2.05) is 13.0 Å². The van der Waals surface area contributed by atoms with Crippen LogP contribution in [0.1, 0.15) is 27.4 Å². The first kappa shape index (κ1) is 14.1. The van der Waals surface area contributed by atoms with Gasteiger partial charge in [-0.05, 0) is 19.1 Å². The normalized spacial score (nSPS) is 13.4. The summed E-state index contributed by atoms with van der Waals surface area (Å²) in [6.45, 7) is 3.39. The van der Waals surface area contributed by atoms with E-state index in [-0.39, 0.29) is 5.91 Å². The lowest BCUT2D eigenvalue weighted by Crippen LogP contribution is -2.38. The molecule has 0 radical (unpaired) electrons. The predicted octanol–water partition coefficient (Wildman–Crippen LogP) is 1.12. The smallest absolute Gasteiger partial charge is 0.258 e. The van der Waals surface area contributed by atoms with Gasteiger partial charge in [-0.1, -0.05) is 0 Å². The molecule has 2 aromatic heterocycles. The van der Waals surface area contributed by atoms with E-state index in [9.17, 15) is 4.79 Å². The van der Waals surface area contributed by atoms with Crippen LogP contribution < -0.4 is 4.74 Å². The number of hydrogen-bond acceptors (Lipinski definition) is 5. The van der Waals surface area contributed by atoms with Crippen molar-refractivity contribution in [1.29, 1.82) is 5.26 Å². The maximum atomic E-state index is 12.7. The number of aromatic nitrogens is 3. The van der Waals surface area contributed by atoms with Crippen molar-refractivity contribution in [2.45, 2.75) is 20.0 Å². The average Bonchev–Trinajstić information content (AvgIpc) is 2.96. The van der Waals surface area contributed by atoms with Crippen LogP contribution in [-0.4, -0.2) is 39.2 Å². The van der Waals surface area contributed by atoms with E-state index in [1.54, 1.807) is 27.9 Å². The van der Waals surface area contributed by atoms with E-state index in [4.69, 9.17) is 10.00 Å². The van der Waals surface area contributed by atoms with Crippen molar-refractivity contribution in [3.63, 3.8) is 0 Å². The number of rotatable bonds is 2. The molecule has 0 unspecified atom stereocenters. The van der Waals surface area contributed by atoms with Gasteiger partial charge < -0.3 is 9.64 Å². The lowest BCUT2D eigenvalue weighted by Gasteiger charge is -2.28. The SMILES string of the molecule is COc1cnc(C)cc1C(=O)N1CCn2nc(C#N)cc2C1. The first-order chi connectivity index (χ1) is 10.6. The molecule has 22 heavy (non-hydrogen) atoms. The highest BCUT2D eigenvalue weighted by Crippen LogP contribution is 2.22. The maximum Gasteiger partial charge on any atom is 0.258 e. The molecule has 0 N–H and O–H groups in total. The number of aryl methyl sites for hydroxylation is 1. The van der Waals surface area contributed by atoms with Crippen LogP contribution in [0.3, 0.4) is 0 Å². The number of nitrogens with zero attached hydrogens (tertiary/aromatic N) is 5. The van der Waals surface area contributed by atoms with Crippen molar-refractivity contribution >= 4 is 5.91 Å². The third-order valence-electron chi connectivity index (χ3n) is 3.65. The Morgan fingerprint density at radius 1 is 1.41 bits per heavy atom. The lowest BCUT2D eigenvalue weighted by molar-refractivity contribution is 0.0702. The van der Waals surface area contributed by atoms with Crippen LogP contribution in [0.15, 0.2) is 18.3 Å². The molecule has 0 saturated carbocycles. The summed E-state index contributed by atoms with van der Waals surface area (Å²) in [5, 5.41) is 13.1. The summed E-state index contributed by atoms with van der Waals surface area (Å²) in [6, 6.07) is 5.47. The summed E-state index contributed by atoms with van der Waals surface area (Å²) >= 11 is 0. The molecule has 0 bridgehead atoms. The topological polar surface area (TPSA) is 84.0 Å². The van der Waals surface area contributed by atoms with Crippen molar-refractivity contribution in [2.24, 2.45) is 0 Å². The fourth-order valence-electron chi connectivity index (χ4n) is 2.54. The van der Waals surface area contributed by atoms with Crippen molar-refractivity contribution in [2.75, 3.05) is 13.7 Å². The van der Waals surface area contributed by atoms with Crippen molar-refractivity contribution in [3.05, 3.63) is 41.0 Å². The van der Waals surface area contributed by atoms with Gasteiger partial charge in [0.05, 0.1) is 37.7 Å². The van der Waals surface area contributed by atoms with E-state index in [2.05, 4.69) is 10.1 Å². The molecule has 7 nitrogen and oxygen atoms in total. The monoisotopic (exact) mass is 297 g/mol. The molecule has 3 rings (SSSR count). The van der Waals surface area contributed by atoms with Gasteiger partial charge in [0.25, 0.3) is 5.91 Å². The Kier molecular flexibility index (Phi) is 3.51. The van der Waals surface area contributed by atoms with Gasteiger partial charge in [0.2, 0.25) is 0 Å². The third-order valence-corrected chi connectivity index (χ3v) is 3.65. The Hall–Kier alpha value is -2.88. The molecule has 3 heterocycles. The zero-order chi connectivity index (χ0) is 15.7. The zero-order valence-electron chi connectivity index (χ0n) is 12.4. The number of nitriles is 1. The van der Waals surface area contributed by atoms with Crippen LogP contribution in [0, 0.1) is 18.3 Å². The average molecular weight is 297 g/mol. The molecule has 7 heteroatoms. The van der Waals surface area contributed by atoms with Gasteiger partial charge >= 0.3 is 0 Å². The number of pyridine rings is 1. The molecule has 0 spiro atoms. The summed E-state index contributed by atoms with van der Waals surface area (Å²) < 4.78 is 7.01. The van der Waals surface area contributed by atoms with Crippen LogP contribution >= 0.6 is 0 Å². The quantitative estimate of drug-likeness (QED) is 0.829. The second-order valence-corrected chi connectivity index (χ2v) is 5.11. The Morgan fingerprint density at radius 3 is 2.95 bits per heavy atom. The molecule has 0 saturated heterocycles. The largest absolute Gasteiger partial charge is 0.494 e. The van der Waals surface area contributed by atoms with Gasteiger partial charge in [-0.25, -0.2) is 0 Å². The third kappa shape index (κ3) is 2.39. The molecule has 2 aromatic rings. The summed E-state index contributed by atoms with van der Waals surface area (Å²) in [4.78, 5) is 18.6. The minimum Gasteiger partial charge on any atom is -0.494 e. The molecule has 1 aliphatic heterocycles. The van der Waals surface area contributed by atoms with Crippen LogP contribution in [0.4, 0.5) is 0 Å². The van der Waals surface area contributed by atoms with Gasteiger partial charge in [0.1, 0.15) is 11.8 Å². The molecular formula is C15H15N5O2. The lowest BCUT2D eigenvalue weighted by atomic mass is 10.1. The minimum absolute atomic E-state index is 0.103. The van der Waals surface area contributed by atoms with E-state index in [0.29, 0.717) is 36.6 Å². The highest BCUT2D eigenvalue weighted by molar-refractivity contribution is 5.97. The summed E-state index contributed by atoms with van der Waals surface area (Å²) in [5.74, 6) is 0.362. The van der Waals surface area contributed by atoms with Crippen molar-refractivity contribution < 1.29 is 9.53 Å². The number of ether oxygens (including phenoxy) is 1. The van der Waals surface area contributed by atoms with Gasteiger partial charge in [-0.15, -0.1) is 0 Å². The van der Waals surface area contributed by atoms with Crippen LogP contribution in [-0.2, 0) is 13.1 Å². The molecule has 0 aliphatic carbocycles. The molecule has 0 atom stereocenters. The van der Waals surface area contributed by atoms with Gasteiger partial charge in [-0.3, -0.25) is 14.5 Å². The Labute approximate surface area is 127 Å². The Morgan fingerprint density at radius 2 is 2.23 bits per heavy atom. The van der Waals surface area contributed by atoms with Gasteiger partial charge in [0, 0.05) is 12.2 Å². The highest BCUT2D eigenvalue weighted by Gasteiger charge is 2.25. The van der Waals surface area contributed by atoms with Crippen LogP contribution in [0.2, 0.25) is 0 Å². The first-order valence-corrected chi connectivity index (χ1v) is 6.89. The van der Waals surface area contributed by atoms with Gasteiger partial charge in [0.15, 0.2) is 5.69 Å². The number of amides is 1. The fraction of sp³-hybridized carbons (Fsp3) is 0.333. The Balaban J connectivity index is 1.88.